The first-order valence-corrected chi connectivity index (χ1v) is 7.77. The summed E-state index contributed by atoms with van der Waals surface area (Å²) in [5.41, 5.74) is 3.30. The molecule has 1 aliphatic heterocycles. The van der Waals surface area contributed by atoms with Gasteiger partial charge in [0.2, 0.25) is 0 Å². The Balaban J connectivity index is 2.19. The molecule has 1 aromatic heterocycles. The molecule has 20 heavy (non-hydrogen) atoms. The molecule has 0 saturated heterocycles. The Morgan fingerprint density at radius 3 is 2.95 bits per heavy atom. The number of benzene rings is 1. The van der Waals surface area contributed by atoms with Crippen LogP contribution in [0, 0.1) is 0 Å². The molecule has 0 spiro atoms. The van der Waals surface area contributed by atoms with Crippen LogP contribution in [-0.2, 0) is 12.8 Å². The van der Waals surface area contributed by atoms with Crippen LogP contribution in [0.3, 0.4) is 0 Å². The van der Waals surface area contributed by atoms with E-state index in [-0.39, 0.29) is 0 Å². The molecule has 0 fully saturated rings. The van der Waals surface area contributed by atoms with Gasteiger partial charge in [0.25, 0.3) is 0 Å². The number of hydrogen-bond acceptors (Lipinski definition) is 2. The summed E-state index contributed by atoms with van der Waals surface area (Å²) >= 11 is 12.5. The van der Waals surface area contributed by atoms with Gasteiger partial charge < -0.3 is 5.32 Å². The molecule has 0 atom stereocenters. The lowest BCUT2D eigenvalue weighted by molar-refractivity contribution is 0.765. The van der Waals surface area contributed by atoms with E-state index in [0.29, 0.717) is 10.0 Å². The summed E-state index contributed by atoms with van der Waals surface area (Å²) in [5.74, 6) is 1.07. The van der Waals surface area contributed by atoms with Crippen molar-refractivity contribution in [2.45, 2.75) is 32.6 Å². The fraction of sp³-hybridized carbons (Fsp3) is 0.400. The lowest BCUT2D eigenvalue weighted by Crippen LogP contribution is -2.07. The summed E-state index contributed by atoms with van der Waals surface area (Å²) in [5, 5.41) is 9.33. The first-order valence-electron chi connectivity index (χ1n) is 7.01. The highest BCUT2D eigenvalue weighted by atomic mass is 35.5. The lowest BCUT2D eigenvalue weighted by Gasteiger charge is -2.11. The molecule has 5 heteroatoms. The molecule has 0 aliphatic carbocycles. The molecule has 3 rings (SSSR count). The van der Waals surface area contributed by atoms with Gasteiger partial charge in [-0.05, 0) is 37.8 Å². The minimum absolute atomic E-state index is 0.549. The van der Waals surface area contributed by atoms with Crippen molar-refractivity contribution in [2.24, 2.45) is 0 Å². The Hall–Kier alpha value is -1.19. The molecule has 2 aromatic rings. The Kier molecular flexibility index (Phi) is 3.90. The molecule has 106 valence electrons. The third-order valence-corrected chi connectivity index (χ3v) is 4.52. The quantitative estimate of drug-likeness (QED) is 0.885. The van der Waals surface area contributed by atoms with Crippen molar-refractivity contribution in [3.8, 4) is 5.69 Å². The van der Waals surface area contributed by atoms with Gasteiger partial charge in [0.15, 0.2) is 0 Å². The van der Waals surface area contributed by atoms with Crippen molar-refractivity contribution in [3.63, 3.8) is 0 Å². The number of aryl methyl sites for hydroxylation is 1. The highest BCUT2D eigenvalue weighted by Crippen LogP contribution is 2.33. The minimum Gasteiger partial charge on any atom is -0.370 e. The molecular formula is C15H17Cl2N3. The number of halogens is 2. The largest absolute Gasteiger partial charge is 0.370 e. The van der Waals surface area contributed by atoms with Gasteiger partial charge in [0.1, 0.15) is 5.82 Å². The van der Waals surface area contributed by atoms with E-state index in [0.717, 1.165) is 36.6 Å². The van der Waals surface area contributed by atoms with Crippen LogP contribution in [0.25, 0.3) is 5.69 Å². The van der Waals surface area contributed by atoms with Crippen LogP contribution >= 0.6 is 23.2 Å². The molecule has 3 nitrogen and oxygen atoms in total. The van der Waals surface area contributed by atoms with Gasteiger partial charge >= 0.3 is 0 Å². The van der Waals surface area contributed by atoms with E-state index in [1.165, 1.54) is 18.4 Å². The maximum absolute atomic E-state index is 6.34. The smallest absolute Gasteiger partial charge is 0.133 e. The molecule has 0 bridgehead atoms. The van der Waals surface area contributed by atoms with Crippen LogP contribution in [0.1, 0.15) is 31.0 Å². The summed E-state index contributed by atoms with van der Waals surface area (Å²) in [6.45, 7) is 3.11. The predicted molar refractivity (Wildman–Crippen MR) is 84.4 cm³/mol. The van der Waals surface area contributed by atoms with Crippen molar-refractivity contribution < 1.29 is 0 Å². The highest BCUT2D eigenvalue weighted by Gasteiger charge is 2.21. The number of aromatic nitrogens is 2. The summed E-state index contributed by atoms with van der Waals surface area (Å²) in [6, 6.07) is 5.65. The number of nitrogens with zero attached hydrogens (tertiary/aromatic N) is 2. The zero-order chi connectivity index (χ0) is 14.1. The van der Waals surface area contributed by atoms with Gasteiger partial charge in [-0.25, -0.2) is 4.68 Å². The van der Waals surface area contributed by atoms with Gasteiger partial charge in [0, 0.05) is 12.1 Å². The number of rotatable bonds is 2. The van der Waals surface area contributed by atoms with E-state index >= 15 is 0 Å². The third-order valence-electron chi connectivity index (χ3n) is 3.71. The van der Waals surface area contributed by atoms with E-state index in [4.69, 9.17) is 28.3 Å². The van der Waals surface area contributed by atoms with Crippen molar-refractivity contribution in [2.75, 3.05) is 11.9 Å². The van der Waals surface area contributed by atoms with Crippen LogP contribution in [-0.4, -0.2) is 16.3 Å². The molecule has 0 unspecified atom stereocenters. The van der Waals surface area contributed by atoms with Crippen molar-refractivity contribution in [1.82, 2.24) is 9.78 Å². The average molecular weight is 310 g/mol. The summed E-state index contributed by atoms with van der Waals surface area (Å²) < 4.78 is 1.91. The molecule has 1 N–H and O–H groups in total. The molecule has 0 saturated carbocycles. The normalized spacial score (nSPS) is 14.6. The Morgan fingerprint density at radius 2 is 2.15 bits per heavy atom. The fourth-order valence-electron chi connectivity index (χ4n) is 2.69. The standard InChI is InChI=1S/C15H17Cl2N3/c1-2-12-10-6-3-4-9-18-15(10)20(19-12)13-8-5-7-11(16)14(13)17/h5,7-8,18H,2-4,6,9H2,1H3. The summed E-state index contributed by atoms with van der Waals surface area (Å²) in [4.78, 5) is 0. The van der Waals surface area contributed by atoms with Crippen LogP contribution in [0.2, 0.25) is 10.0 Å². The van der Waals surface area contributed by atoms with Crippen molar-refractivity contribution in [1.29, 1.82) is 0 Å². The molecule has 0 amide bonds. The van der Waals surface area contributed by atoms with Crippen LogP contribution in [0.15, 0.2) is 18.2 Å². The van der Waals surface area contributed by atoms with Crippen molar-refractivity contribution in [3.05, 3.63) is 39.5 Å². The van der Waals surface area contributed by atoms with E-state index in [9.17, 15) is 0 Å². The van der Waals surface area contributed by atoms with E-state index in [1.54, 1.807) is 6.07 Å². The first-order chi connectivity index (χ1) is 9.72. The average Bonchev–Trinajstić information content (AvgIpc) is 2.63. The second kappa shape index (κ2) is 5.66. The van der Waals surface area contributed by atoms with E-state index in [1.807, 2.05) is 16.8 Å². The highest BCUT2D eigenvalue weighted by molar-refractivity contribution is 6.43. The summed E-state index contributed by atoms with van der Waals surface area (Å²) in [6.07, 6.45) is 4.38. The van der Waals surface area contributed by atoms with Gasteiger partial charge in [-0.15, -0.1) is 0 Å². The monoisotopic (exact) mass is 309 g/mol. The fourth-order valence-corrected chi connectivity index (χ4v) is 3.06. The van der Waals surface area contributed by atoms with Gasteiger partial charge in [-0.1, -0.05) is 36.2 Å². The zero-order valence-corrected chi connectivity index (χ0v) is 12.9. The van der Waals surface area contributed by atoms with Gasteiger partial charge in [-0.3, -0.25) is 0 Å². The molecule has 2 heterocycles. The number of hydrogen-bond donors (Lipinski definition) is 1. The maximum atomic E-state index is 6.34. The van der Waals surface area contributed by atoms with E-state index in [2.05, 4.69) is 12.2 Å². The topological polar surface area (TPSA) is 29.9 Å². The first kappa shape index (κ1) is 13.8. The van der Waals surface area contributed by atoms with Crippen molar-refractivity contribution >= 4 is 29.0 Å². The van der Waals surface area contributed by atoms with Gasteiger partial charge in [-0.2, -0.15) is 5.10 Å². The maximum Gasteiger partial charge on any atom is 0.133 e. The predicted octanol–water partition coefficient (Wildman–Crippen LogP) is 4.49. The Morgan fingerprint density at radius 1 is 1.30 bits per heavy atom. The second-order valence-corrected chi connectivity index (χ2v) is 5.78. The minimum atomic E-state index is 0.549. The Labute approximate surface area is 128 Å². The van der Waals surface area contributed by atoms with Crippen LogP contribution in [0.4, 0.5) is 5.82 Å². The number of fused-ring (bicyclic) bond motifs is 1. The molecule has 1 aliphatic rings. The third kappa shape index (κ3) is 2.29. The Bertz CT molecular complexity index is 634. The van der Waals surface area contributed by atoms with Crippen LogP contribution < -0.4 is 5.32 Å². The van der Waals surface area contributed by atoms with E-state index < -0.39 is 0 Å². The zero-order valence-electron chi connectivity index (χ0n) is 11.4. The van der Waals surface area contributed by atoms with Gasteiger partial charge in [0.05, 0.1) is 21.4 Å². The lowest BCUT2D eigenvalue weighted by atomic mass is 10.1. The molecular weight excluding hydrogens is 293 g/mol. The number of nitrogens with one attached hydrogen (secondary N) is 1. The second-order valence-electron chi connectivity index (χ2n) is 5.00. The molecule has 1 aromatic carbocycles. The molecule has 0 radical (unpaired) electrons. The summed E-state index contributed by atoms with van der Waals surface area (Å²) in [7, 11) is 0. The SMILES string of the molecule is CCc1nn(-c2cccc(Cl)c2Cl)c2c1CCCCN2. The number of anilines is 1. The van der Waals surface area contributed by atoms with Crippen LogP contribution in [0.5, 0.6) is 0 Å².